The maximum atomic E-state index is 14.1. The van der Waals surface area contributed by atoms with Crippen LogP contribution in [0, 0.1) is 0 Å². The van der Waals surface area contributed by atoms with Gasteiger partial charge in [-0.25, -0.2) is 4.79 Å². The predicted molar refractivity (Wildman–Crippen MR) is 162 cm³/mol. The molecule has 2 amide bonds. The van der Waals surface area contributed by atoms with Crippen LogP contribution in [0.5, 0.6) is 5.75 Å². The first kappa shape index (κ1) is 26.4. The molecule has 6 rings (SSSR count). The highest BCUT2D eigenvalue weighted by atomic mass is 35.5. The largest absolute Gasteiger partial charge is 0.497 e. The number of benzene rings is 3. The Bertz CT molecular complexity index is 1620. The molecule has 1 aromatic heterocycles. The van der Waals surface area contributed by atoms with Gasteiger partial charge in [-0.2, -0.15) is 0 Å². The Labute approximate surface area is 246 Å². The van der Waals surface area contributed by atoms with Gasteiger partial charge in [-0.1, -0.05) is 53.5 Å². The maximum Gasteiger partial charge on any atom is 0.327 e. The highest BCUT2D eigenvalue weighted by Crippen LogP contribution is 2.48. The van der Waals surface area contributed by atoms with Crippen LogP contribution in [0.1, 0.15) is 35.2 Å². The molecule has 0 spiro atoms. The second kappa shape index (κ2) is 11.0. The Morgan fingerprint density at radius 2 is 1.80 bits per heavy atom. The Balaban J connectivity index is 1.45. The van der Waals surface area contributed by atoms with Gasteiger partial charge in [-0.05, 0) is 71.8 Å². The number of ketones is 1. The summed E-state index contributed by atoms with van der Waals surface area (Å²) < 4.78 is 5.32. The van der Waals surface area contributed by atoms with E-state index in [1.165, 1.54) is 11.3 Å². The van der Waals surface area contributed by atoms with E-state index in [4.69, 9.17) is 27.9 Å². The summed E-state index contributed by atoms with van der Waals surface area (Å²) in [4.78, 5) is 30.7. The third kappa shape index (κ3) is 4.96. The fourth-order valence-electron chi connectivity index (χ4n) is 5.40. The molecule has 0 fully saturated rings. The normalized spacial score (nSPS) is 18.4. The van der Waals surface area contributed by atoms with E-state index in [0.29, 0.717) is 39.8 Å². The summed E-state index contributed by atoms with van der Waals surface area (Å²) in [5, 5.41) is 9.22. The smallest absolute Gasteiger partial charge is 0.327 e. The van der Waals surface area contributed by atoms with Crippen molar-refractivity contribution in [1.82, 2.24) is 0 Å². The summed E-state index contributed by atoms with van der Waals surface area (Å²) in [5.41, 5.74) is 4.42. The average Bonchev–Trinajstić information content (AvgIpc) is 3.44. The summed E-state index contributed by atoms with van der Waals surface area (Å²) >= 11 is 13.8. The first-order chi connectivity index (χ1) is 19.4. The molecule has 1 aliphatic carbocycles. The Morgan fingerprint density at radius 1 is 1.00 bits per heavy atom. The fraction of sp³-hybridized carbons (Fsp3) is 0.161. The molecule has 0 saturated carbocycles. The summed E-state index contributed by atoms with van der Waals surface area (Å²) in [6.07, 6.45) is 0.971. The zero-order chi connectivity index (χ0) is 27.8. The molecule has 0 radical (unpaired) electrons. The number of nitrogens with one attached hydrogen (secondary N) is 2. The number of rotatable bonds is 4. The lowest BCUT2D eigenvalue weighted by molar-refractivity contribution is -0.116. The standard InChI is InChI=1S/C31H25Cl2N3O3S/c1-39-21-11-8-18(9-12-21)19-15-25-29(27(37)16-19)30(28-7-4-14-40-28)36(26-6-3-2-5-24(26)35-25)31(38)34-20-10-13-22(32)23(33)17-20/h2-14,17,19,30,35H,15-16H2,1H3,(H,34,38). The van der Waals surface area contributed by atoms with Crippen molar-refractivity contribution in [3.05, 3.63) is 116 Å². The second-order valence-electron chi connectivity index (χ2n) is 9.68. The van der Waals surface area contributed by atoms with Crippen molar-refractivity contribution in [3.63, 3.8) is 0 Å². The quantitative estimate of drug-likeness (QED) is 0.250. The topological polar surface area (TPSA) is 70.7 Å². The Hall–Kier alpha value is -3.78. The molecule has 9 heteroatoms. The lowest BCUT2D eigenvalue weighted by Gasteiger charge is -2.34. The van der Waals surface area contributed by atoms with Gasteiger partial charge in [0.25, 0.3) is 0 Å². The van der Waals surface area contributed by atoms with Crippen LogP contribution in [0.2, 0.25) is 10.0 Å². The molecule has 3 aromatic carbocycles. The zero-order valence-electron chi connectivity index (χ0n) is 21.5. The highest BCUT2D eigenvalue weighted by Gasteiger charge is 2.42. The summed E-state index contributed by atoms with van der Waals surface area (Å²) in [7, 11) is 1.64. The molecule has 2 heterocycles. The number of methoxy groups -OCH3 is 1. The number of para-hydroxylation sites is 2. The number of fused-ring (bicyclic) bond motifs is 1. The second-order valence-corrected chi connectivity index (χ2v) is 11.5. The first-order valence-electron chi connectivity index (χ1n) is 12.8. The van der Waals surface area contributed by atoms with Crippen molar-refractivity contribution < 1.29 is 14.3 Å². The average molecular weight is 591 g/mol. The maximum absolute atomic E-state index is 14.1. The van der Waals surface area contributed by atoms with Crippen LogP contribution in [-0.4, -0.2) is 18.9 Å². The third-order valence-corrected chi connectivity index (χ3v) is 8.94. The van der Waals surface area contributed by atoms with Gasteiger partial charge < -0.3 is 15.4 Å². The van der Waals surface area contributed by atoms with Crippen LogP contribution in [0.15, 0.2) is 95.5 Å². The molecule has 0 saturated heterocycles. The molecule has 0 bridgehead atoms. The minimum absolute atomic E-state index is 0.00242. The SMILES string of the molecule is COc1ccc(C2CC(=O)C3=C(C2)Nc2ccccc2N(C(=O)Nc2ccc(Cl)c(Cl)c2)C3c2cccs2)cc1. The number of halogens is 2. The number of allylic oxidation sites excluding steroid dienone is 1. The van der Waals surface area contributed by atoms with E-state index >= 15 is 0 Å². The molecule has 2 atom stereocenters. The van der Waals surface area contributed by atoms with Crippen LogP contribution in [-0.2, 0) is 4.79 Å². The number of carbonyl (C=O) groups is 2. The molecule has 2 unspecified atom stereocenters. The molecular formula is C31H25Cl2N3O3S. The number of Topliss-reactive ketones (excluding diaryl/α,β-unsaturated/α-hetero) is 1. The molecule has 40 heavy (non-hydrogen) atoms. The third-order valence-electron chi connectivity index (χ3n) is 7.28. The molecule has 4 aromatic rings. The highest BCUT2D eigenvalue weighted by molar-refractivity contribution is 7.10. The van der Waals surface area contributed by atoms with Crippen molar-refractivity contribution in [2.45, 2.75) is 24.8 Å². The van der Waals surface area contributed by atoms with E-state index < -0.39 is 6.04 Å². The first-order valence-corrected chi connectivity index (χ1v) is 14.4. The van der Waals surface area contributed by atoms with Crippen molar-refractivity contribution >= 4 is 63.4 Å². The van der Waals surface area contributed by atoms with Gasteiger partial charge in [-0.15, -0.1) is 11.3 Å². The summed E-state index contributed by atoms with van der Waals surface area (Å²) in [5.74, 6) is 0.777. The van der Waals surface area contributed by atoms with E-state index in [1.807, 2.05) is 66.0 Å². The van der Waals surface area contributed by atoms with Gasteiger partial charge in [-0.3, -0.25) is 9.69 Å². The number of anilines is 3. The number of amides is 2. The van der Waals surface area contributed by atoms with Gasteiger partial charge in [0.2, 0.25) is 0 Å². The molecule has 1 aliphatic heterocycles. The lowest BCUT2D eigenvalue weighted by Crippen LogP contribution is -2.40. The number of hydrogen-bond donors (Lipinski definition) is 2. The zero-order valence-corrected chi connectivity index (χ0v) is 23.8. The van der Waals surface area contributed by atoms with Crippen molar-refractivity contribution in [1.29, 1.82) is 0 Å². The predicted octanol–water partition coefficient (Wildman–Crippen LogP) is 8.67. The monoisotopic (exact) mass is 589 g/mol. The van der Waals surface area contributed by atoms with Crippen LogP contribution < -0.4 is 20.3 Å². The van der Waals surface area contributed by atoms with Gasteiger partial charge in [0.1, 0.15) is 11.8 Å². The van der Waals surface area contributed by atoms with Crippen LogP contribution in [0.4, 0.5) is 21.9 Å². The van der Waals surface area contributed by atoms with E-state index in [0.717, 1.165) is 27.6 Å². The lowest BCUT2D eigenvalue weighted by atomic mass is 9.79. The number of carbonyl (C=O) groups excluding carboxylic acids is 2. The van der Waals surface area contributed by atoms with Crippen LogP contribution in [0.25, 0.3) is 0 Å². The van der Waals surface area contributed by atoms with Gasteiger partial charge in [0.15, 0.2) is 5.78 Å². The van der Waals surface area contributed by atoms with Crippen LogP contribution in [0.3, 0.4) is 0 Å². The van der Waals surface area contributed by atoms with Gasteiger partial charge in [0.05, 0.1) is 28.5 Å². The van der Waals surface area contributed by atoms with Crippen LogP contribution >= 0.6 is 34.5 Å². The van der Waals surface area contributed by atoms with E-state index in [-0.39, 0.29) is 17.7 Å². The number of ether oxygens (including phenoxy) is 1. The fourth-order valence-corrected chi connectivity index (χ4v) is 6.52. The number of hydrogen-bond acceptors (Lipinski definition) is 5. The molecule has 202 valence electrons. The number of nitrogens with zero attached hydrogens (tertiary/aromatic N) is 1. The van der Waals surface area contributed by atoms with Crippen molar-refractivity contribution in [2.75, 3.05) is 22.6 Å². The summed E-state index contributed by atoms with van der Waals surface area (Å²) in [6.45, 7) is 0. The minimum atomic E-state index is -0.613. The minimum Gasteiger partial charge on any atom is -0.497 e. The Kier molecular flexibility index (Phi) is 7.27. The Morgan fingerprint density at radius 3 is 2.52 bits per heavy atom. The number of urea groups is 1. The summed E-state index contributed by atoms with van der Waals surface area (Å²) in [6, 6.07) is 23.3. The molecule has 2 aliphatic rings. The number of thiophene rings is 1. The van der Waals surface area contributed by atoms with E-state index in [1.54, 1.807) is 30.2 Å². The van der Waals surface area contributed by atoms with E-state index in [2.05, 4.69) is 10.6 Å². The van der Waals surface area contributed by atoms with Gasteiger partial charge in [0, 0.05) is 28.3 Å². The molecule has 2 N–H and O–H groups in total. The van der Waals surface area contributed by atoms with Gasteiger partial charge >= 0.3 is 6.03 Å². The molecular weight excluding hydrogens is 565 g/mol. The van der Waals surface area contributed by atoms with Crippen molar-refractivity contribution in [3.8, 4) is 5.75 Å². The molecule has 6 nitrogen and oxygen atoms in total. The van der Waals surface area contributed by atoms with Crippen molar-refractivity contribution in [2.24, 2.45) is 0 Å². The van der Waals surface area contributed by atoms with E-state index in [9.17, 15) is 9.59 Å².